The predicted molar refractivity (Wildman–Crippen MR) is 141 cm³/mol. The molecule has 9 nitrogen and oxygen atoms in total. The summed E-state index contributed by atoms with van der Waals surface area (Å²) in [7, 11) is 1.49. The number of ether oxygens (including phenoxy) is 1. The Bertz CT molecular complexity index is 1620. The summed E-state index contributed by atoms with van der Waals surface area (Å²) in [5, 5.41) is 2.20. The van der Waals surface area contributed by atoms with Gasteiger partial charge in [0.15, 0.2) is 11.3 Å². The van der Waals surface area contributed by atoms with E-state index >= 15 is 0 Å². The lowest BCUT2D eigenvalue weighted by Gasteiger charge is -2.36. The number of imide groups is 1. The fraction of sp³-hybridized carbons (Fsp3) is 0.241. The SMILES string of the molecule is COc1cccc2cc(C(=O)N3CCN(CCN4C(=O)c5cccc6cccc(c56)C4=O)CC3)c(=O)oc12. The van der Waals surface area contributed by atoms with E-state index < -0.39 is 5.63 Å². The average molecular weight is 512 g/mol. The van der Waals surface area contributed by atoms with Gasteiger partial charge in [0.25, 0.3) is 17.7 Å². The van der Waals surface area contributed by atoms with Gasteiger partial charge in [0.2, 0.25) is 0 Å². The Kier molecular flexibility index (Phi) is 5.92. The molecule has 3 aromatic carbocycles. The van der Waals surface area contributed by atoms with Gasteiger partial charge >= 0.3 is 5.63 Å². The van der Waals surface area contributed by atoms with Crippen molar-refractivity contribution < 1.29 is 23.5 Å². The van der Waals surface area contributed by atoms with Gasteiger partial charge in [0.05, 0.1) is 7.11 Å². The van der Waals surface area contributed by atoms with Crippen molar-refractivity contribution in [2.45, 2.75) is 0 Å². The van der Waals surface area contributed by atoms with E-state index in [1.807, 2.05) is 24.3 Å². The maximum Gasteiger partial charge on any atom is 0.349 e. The zero-order valence-corrected chi connectivity index (χ0v) is 20.8. The summed E-state index contributed by atoms with van der Waals surface area (Å²) < 4.78 is 10.7. The predicted octanol–water partition coefficient (Wildman–Crippen LogP) is 3.01. The van der Waals surface area contributed by atoms with Crippen molar-refractivity contribution in [3.8, 4) is 5.75 Å². The second-order valence-corrected chi connectivity index (χ2v) is 9.43. The minimum atomic E-state index is -0.702. The van der Waals surface area contributed by atoms with Crippen LogP contribution >= 0.6 is 0 Å². The number of hydrogen-bond acceptors (Lipinski definition) is 7. The van der Waals surface area contributed by atoms with E-state index in [1.54, 1.807) is 41.3 Å². The van der Waals surface area contributed by atoms with E-state index in [0.717, 1.165) is 5.39 Å². The summed E-state index contributed by atoms with van der Waals surface area (Å²) >= 11 is 0. The summed E-state index contributed by atoms with van der Waals surface area (Å²) in [4.78, 5) is 57.1. The molecule has 1 saturated heterocycles. The van der Waals surface area contributed by atoms with E-state index in [9.17, 15) is 19.2 Å². The first kappa shape index (κ1) is 23.9. The van der Waals surface area contributed by atoms with E-state index in [2.05, 4.69) is 4.90 Å². The highest BCUT2D eigenvalue weighted by Crippen LogP contribution is 2.30. The Morgan fingerprint density at radius 1 is 0.842 bits per heavy atom. The Balaban J connectivity index is 1.11. The molecule has 1 aromatic heterocycles. The molecule has 0 unspecified atom stereocenters. The largest absolute Gasteiger partial charge is 0.493 e. The van der Waals surface area contributed by atoms with Crippen molar-refractivity contribution in [3.63, 3.8) is 0 Å². The summed E-state index contributed by atoms with van der Waals surface area (Å²) in [5.41, 5.74) is 0.672. The van der Waals surface area contributed by atoms with Crippen LogP contribution in [0.3, 0.4) is 0 Å². The number of fused-ring (bicyclic) bond motifs is 1. The number of methoxy groups -OCH3 is 1. The monoisotopic (exact) mass is 511 g/mol. The van der Waals surface area contributed by atoms with Gasteiger partial charge < -0.3 is 14.1 Å². The third kappa shape index (κ3) is 3.92. The van der Waals surface area contributed by atoms with Crippen LogP contribution in [0.25, 0.3) is 21.7 Å². The van der Waals surface area contributed by atoms with Gasteiger partial charge in [0.1, 0.15) is 5.56 Å². The summed E-state index contributed by atoms with van der Waals surface area (Å²) in [6.45, 7) is 2.70. The zero-order valence-electron chi connectivity index (χ0n) is 20.8. The lowest BCUT2D eigenvalue weighted by atomic mass is 9.94. The molecule has 3 heterocycles. The van der Waals surface area contributed by atoms with Crippen LogP contribution < -0.4 is 10.4 Å². The number of rotatable bonds is 5. The number of piperazine rings is 1. The van der Waals surface area contributed by atoms with Gasteiger partial charge in [-0.05, 0) is 29.7 Å². The topological polar surface area (TPSA) is 100 Å². The fourth-order valence-corrected chi connectivity index (χ4v) is 5.30. The second-order valence-electron chi connectivity index (χ2n) is 9.43. The van der Waals surface area contributed by atoms with Crippen LogP contribution in [0.5, 0.6) is 5.75 Å². The van der Waals surface area contributed by atoms with Gasteiger partial charge in [0, 0.05) is 61.2 Å². The zero-order chi connectivity index (χ0) is 26.4. The molecule has 1 fully saturated rings. The third-order valence-electron chi connectivity index (χ3n) is 7.33. The molecule has 9 heteroatoms. The molecule has 0 N–H and O–H groups in total. The highest BCUT2D eigenvalue weighted by atomic mass is 16.5. The molecule has 3 amide bonds. The quantitative estimate of drug-likeness (QED) is 0.300. The first-order chi connectivity index (χ1) is 18.5. The maximum atomic E-state index is 13.1. The number of nitrogens with zero attached hydrogens (tertiary/aromatic N) is 3. The number of benzene rings is 3. The molecule has 2 aliphatic heterocycles. The molecule has 192 valence electrons. The van der Waals surface area contributed by atoms with Crippen LogP contribution in [0.2, 0.25) is 0 Å². The molecular weight excluding hydrogens is 486 g/mol. The van der Waals surface area contributed by atoms with Gasteiger partial charge in [-0.1, -0.05) is 36.4 Å². The fourth-order valence-electron chi connectivity index (χ4n) is 5.30. The van der Waals surface area contributed by atoms with Gasteiger partial charge in [-0.3, -0.25) is 24.2 Å². The van der Waals surface area contributed by atoms with Crippen LogP contribution in [-0.4, -0.2) is 78.8 Å². The first-order valence-electron chi connectivity index (χ1n) is 12.5. The van der Waals surface area contributed by atoms with Crippen LogP contribution in [0.15, 0.2) is 69.9 Å². The van der Waals surface area contributed by atoms with Crippen LogP contribution in [-0.2, 0) is 0 Å². The van der Waals surface area contributed by atoms with E-state index in [1.165, 1.54) is 12.0 Å². The van der Waals surface area contributed by atoms with Crippen molar-refractivity contribution in [1.82, 2.24) is 14.7 Å². The molecule has 0 aliphatic carbocycles. The molecule has 2 aliphatic rings. The first-order valence-corrected chi connectivity index (χ1v) is 12.5. The molecular formula is C29H25N3O6. The van der Waals surface area contributed by atoms with Crippen molar-refractivity contribution >= 4 is 39.5 Å². The standard InChI is InChI=1S/C29H25N3O6/c1-37-23-10-4-7-19-17-22(29(36)38-25(19)23)26(33)31-14-11-30(12-15-31)13-16-32-27(34)20-8-2-5-18-6-3-9-21(24(18)20)28(32)35/h2-10,17H,11-16H2,1H3. The molecule has 0 spiro atoms. The van der Waals surface area contributed by atoms with E-state index in [4.69, 9.17) is 9.15 Å². The number of amides is 3. The smallest absolute Gasteiger partial charge is 0.349 e. The summed E-state index contributed by atoms with van der Waals surface area (Å²) in [5.74, 6) is -0.521. The van der Waals surface area contributed by atoms with Crippen LogP contribution in [0.1, 0.15) is 31.1 Å². The Morgan fingerprint density at radius 2 is 1.47 bits per heavy atom. The molecule has 4 aromatic rings. The van der Waals surface area contributed by atoms with Crippen molar-refractivity contribution in [2.75, 3.05) is 46.4 Å². The van der Waals surface area contributed by atoms with Crippen LogP contribution in [0.4, 0.5) is 0 Å². The van der Waals surface area contributed by atoms with E-state index in [-0.39, 0.29) is 29.8 Å². The molecule has 38 heavy (non-hydrogen) atoms. The van der Waals surface area contributed by atoms with Gasteiger partial charge in [-0.15, -0.1) is 0 Å². The Morgan fingerprint density at radius 3 is 2.13 bits per heavy atom. The molecule has 6 rings (SSSR count). The number of carbonyl (C=O) groups excluding carboxylic acids is 3. The maximum absolute atomic E-state index is 13.1. The Hall–Kier alpha value is -4.50. The number of hydrogen-bond donors (Lipinski definition) is 0. The lowest BCUT2D eigenvalue weighted by molar-refractivity contribution is 0.0549. The second kappa shape index (κ2) is 9.42. The molecule has 0 radical (unpaired) electrons. The molecule has 0 saturated carbocycles. The van der Waals surface area contributed by atoms with Gasteiger partial charge in [-0.2, -0.15) is 0 Å². The summed E-state index contributed by atoms with van der Waals surface area (Å²) in [6, 6.07) is 17.8. The highest BCUT2D eigenvalue weighted by Gasteiger charge is 2.33. The lowest BCUT2D eigenvalue weighted by Crippen LogP contribution is -2.52. The normalized spacial score (nSPS) is 15.9. The average Bonchev–Trinajstić information content (AvgIpc) is 2.95. The summed E-state index contributed by atoms with van der Waals surface area (Å²) in [6.07, 6.45) is 0. The molecule has 0 bridgehead atoms. The Labute approximate surface area is 217 Å². The third-order valence-corrected chi connectivity index (χ3v) is 7.33. The van der Waals surface area contributed by atoms with Crippen molar-refractivity contribution in [3.05, 3.63) is 87.8 Å². The highest BCUT2D eigenvalue weighted by molar-refractivity contribution is 6.25. The van der Waals surface area contributed by atoms with Crippen molar-refractivity contribution in [2.24, 2.45) is 0 Å². The van der Waals surface area contributed by atoms with Gasteiger partial charge in [-0.25, -0.2) is 4.79 Å². The minimum absolute atomic E-state index is 0.0171. The van der Waals surface area contributed by atoms with Crippen molar-refractivity contribution in [1.29, 1.82) is 0 Å². The van der Waals surface area contributed by atoms with Crippen LogP contribution in [0, 0.1) is 0 Å². The number of para-hydroxylation sites is 1. The molecule has 0 atom stereocenters. The minimum Gasteiger partial charge on any atom is -0.493 e. The van der Waals surface area contributed by atoms with E-state index in [0.29, 0.717) is 66.0 Å². The number of carbonyl (C=O) groups is 3.